The van der Waals surface area contributed by atoms with Crippen LogP contribution in [-0.2, 0) is 0 Å². The summed E-state index contributed by atoms with van der Waals surface area (Å²) >= 11 is 0. The second-order valence-electron chi connectivity index (χ2n) is 3.04. The van der Waals surface area contributed by atoms with Crippen LogP contribution in [0.3, 0.4) is 0 Å². The number of anilines is 1. The first kappa shape index (κ1) is 11.4. The van der Waals surface area contributed by atoms with Crippen molar-refractivity contribution in [2.45, 2.75) is 6.42 Å². The van der Waals surface area contributed by atoms with Gasteiger partial charge in [-0.2, -0.15) is 5.21 Å². The molecule has 0 radical (unpaired) electrons. The summed E-state index contributed by atoms with van der Waals surface area (Å²) in [6.07, 6.45) is 0.896. The second kappa shape index (κ2) is 5.91. The molecule has 0 saturated heterocycles. The van der Waals surface area contributed by atoms with Crippen molar-refractivity contribution in [3.8, 4) is 0 Å². The highest BCUT2D eigenvalue weighted by atomic mass is 16.2. The van der Waals surface area contributed by atoms with E-state index in [2.05, 4.69) is 31.3 Å². The molecule has 0 spiro atoms. The van der Waals surface area contributed by atoms with Crippen molar-refractivity contribution in [3.05, 3.63) is 0 Å². The molecule has 0 aromatic carbocycles. The average molecular weight is 213 g/mol. The molecule has 0 atom stereocenters. The lowest BCUT2D eigenvalue weighted by Crippen LogP contribution is -2.33. The average Bonchev–Trinajstić information content (AvgIpc) is 2.70. The number of aromatic nitrogens is 4. The number of nitrogens with zero attached hydrogens (tertiary/aromatic N) is 4. The number of carbonyl (C=O) groups excluding carboxylic acids is 1. The number of urea groups is 1. The molecule has 1 rings (SSSR count). The van der Waals surface area contributed by atoms with Gasteiger partial charge in [-0.1, -0.05) is 5.10 Å². The van der Waals surface area contributed by atoms with E-state index in [-0.39, 0.29) is 12.0 Å². The Bertz CT molecular complexity index is 286. The van der Waals surface area contributed by atoms with E-state index < -0.39 is 0 Å². The van der Waals surface area contributed by atoms with E-state index in [1.54, 1.807) is 11.9 Å². The smallest absolute Gasteiger partial charge is 0.324 e. The summed E-state index contributed by atoms with van der Waals surface area (Å²) in [5.74, 6) is 0.181. The van der Waals surface area contributed by atoms with Gasteiger partial charge >= 0.3 is 6.03 Å². The van der Waals surface area contributed by atoms with Crippen LogP contribution < -0.4 is 10.6 Å². The highest BCUT2D eigenvalue weighted by Gasteiger charge is 2.09. The molecule has 15 heavy (non-hydrogen) atoms. The second-order valence-corrected chi connectivity index (χ2v) is 3.04. The zero-order chi connectivity index (χ0) is 11.1. The quantitative estimate of drug-likeness (QED) is 0.560. The maximum absolute atomic E-state index is 11.5. The molecule has 8 heteroatoms. The first-order valence-electron chi connectivity index (χ1n) is 4.64. The van der Waals surface area contributed by atoms with Gasteiger partial charge in [-0.15, -0.1) is 5.10 Å². The number of carbonyl (C=O) groups is 1. The summed E-state index contributed by atoms with van der Waals surface area (Å²) in [7, 11) is 3.59. The fourth-order valence-electron chi connectivity index (χ4n) is 1.00. The monoisotopic (exact) mass is 213 g/mol. The number of H-pyrrole nitrogens is 1. The van der Waals surface area contributed by atoms with Gasteiger partial charge in [0.15, 0.2) is 0 Å². The van der Waals surface area contributed by atoms with Gasteiger partial charge in [-0.3, -0.25) is 5.32 Å². The first-order valence-corrected chi connectivity index (χ1v) is 4.64. The van der Waals surface area contributed by atoms with Crippen LogP contribution in [0.4, 0.5) is 10.7 Å². The molecule has 0 aliphatic heterocycles. The predicted molar refractivity (Wildman–Crippen MR) is 54.4 cm³/mol. The molecule has 2 amide bonds. The molecule has 1 heterocycles. The van der Waals surface area contributed by atoms with Crippen molar-refractivity contribution in [1.29, 1.82) is 0 Å². The van der Waals surface area contributed by atoms with Gasteiger partial charge < -0.3 is 10.2 Å². The summed E-state index contributed by atoms with van der Waals surface area (Å²) in [5.41, 5.74) is 0. The van der Waals surface area contributed by atoms with Gasteiger partial charge in [0.25, 0.3) is 5.95 Å². The summed E-state index contributed by atoms with van der Waals surface area (Å²) in [4.78, 5) is 13.0. The number of nitrogens with one attached hydrogen (secondary N) is 3. The van der Waals surface area contributed by atoms with Crippen LogP contribution in [0.25, 0.3) is 0 Å². The predicted octanol–water partition coefficient (Wildman–Crippen LogP) is -0.727. The molecule has 3 N–H and O–H groups in total. The molecule has 0 saturated carbocycles. The van der Waals surface area contributed by atoms with Crippen LogP contribution in [0.1, 0.15) is 6.42 Å². The zero-order valence-corrected chi connectivity index (χ0v) is 8.82. The number of hydrogen-bond acceptors (Lipinski definition) is 5. The SMILES string of the molecule is CNCCCN(C)C(=O)Nc1nn[nH]n1. The molecule has 0 bridgehead atoms. The molecule has 84 valence electrons. The van der Waals surface area contributed by atoms with Gasteiger partial charge in [0.2, 0.25) is 0 Å². The van der Waals surface area contributed by atoms with E-state index in [9.17, 15) is 4.79 Å². The van der Waals surface area contributed by atoms with E-state index in [0.717, 1.165) is 13.0 Å². The largest absolute Gasteiger partial charge is 0.327 e. The Kier molecular flexibility index (Phi) is 4.48. The summed E-state index contributed by atoms with van der Waals surface area (Å²) < 4.78 is 0. The van der Waals surface area contributed by atoms with Crippen LogP contribution in [0.5, 0.6) is 0 Å². The maximum atomic E-state index is 11.5. The standard InChI is InChI=1S/C7H15N7O/c1-8-4-3-5-14(2)7(15)9-6-10-12-13-11-6/h8H,3-5H2,1-2H3,(H2,9,10,11,12,13,15). The molecule has 1 aromatic heterocycles. The van der Waals surface area contributed by atoms with Crippen LogP contribution in [0.15, 0.2) is 0 Å². The van der Waals surface area contributed by atoms with Crippen LogP contribution in [0.2, 0.25) is 0 Å². The highest BCUT2D eigenvalue weighted by Crippen LogP contribution is 1.95. The number of tetrazole rings is 1. The number of amides is 2. The van der Waals surface area contributed by atoms with Gasteiger partial charge in [0, 0.05) is 13.6 Å². The fraction of sp³-hybridized carbons (Fsp3) is 0.714. The number of rotatable bonds is 5. The zero-order valence-electron chi connectivity index (χ0n) is 8.82. The van der Waals surface area contributed by atoms with Gasteiger partial charge in [0.1, 0.15) is 0 Å². The Hall–Kier alpha value is -1.70. The molecule has 0 fully saturated rings. The number of hydrogen-bond donors (Lipinski definition) is 3. The molecule has 0 unspecified atom stereocenters. The summed E-state index contributed by atoms with van der Waals surface area (Å²) in [5, 5.41) is 18.3. The molecule has 8 nitrogen and oxygen atoms in total. The third kappa shape index (κ3) is 3.90. The van der Waals surface area contributed by atoms with Crippen molar-refractivity contribution >= 4 is 12.0 Å². The van der Waals surface area contributed by atoms with Gasteiger partial charge in [-0.25, -0.2) is 4.79 Å². The van der Waals surface area contributed by atoms with Crippen molar-refractivity contribution in [3.63, 3.8) is 0 Å². The molecule has 1 aromatic rings. The van der Waals surface area contributed by atoms with E-state index in [0.29, 0.717) is 6.54 Å². The third-order valence-corrected chi connectivity index (χ3v) is 1.83. The lowest BCUT2D eigenvalue weighted by molar-refractivity contribution is 0.221. The van der Waals surface area contributed by atoms with Crippen LogP contribution in [-0.4, -0.2) is 58.7 Å². The minimum atomic E-state index is -0.243. The topological polar surface area (TPSA) is 98.8 Å². The molecule has 0 aliphatic rings. The Labute approximate surface area is 87.4 Å². The number of aromatic amines is 1. The van der Waals surface area contributed by atoms with Crippen molar-refractivity contribution < 1.29 is 4.79 Å². The Morgan fingerprint density at radius 3 is 3.00 bits per heavy atom. The van der Waals surface area contributed by atoms with Gasteiger partial charge in [-0.05, 0) is 25.2 Å². The lowest BCUT2D eigenvalue weighted by atomic mass is 10.4. The Morgan fingerprint density at radius 2 is 2.40 bits per heavy atom. The van der Waals surface area contributed by atoms with E-state index in [1.807, 2.05) is 7.05 Å². The lowest BCUT2D eigenvalue weighted by Gasteiger charge is -2.16. The van der Waals surface area contributed by atoms with Crippen LogP contribution >= 0.6 is 0 Å². The van der Waals surface area contributed by atoms with Crippen LogP contribution in [0, 0.1) is 0 Å². The minimum absolute atomic E-state index is 0.181. The molecular weight excluding hydrogens is 198 g/mol. The molecular formula is C7H15N7O. The summed E-state index contributed by atoms with van der Waals surface area (Å²) in [6.45, 7) is 1.55. The summed E-state index contributed by atoms with van der Waals surface area (Å²) in [6, 6.07) is -0.243. The third-order valence-electron chi connectivity index (χ3n) is 1.83. The fourth-order valence-corrected chi connectivity index (χ4v) is 1.00. The molecule has 0 aliphatic carbocycles. The Balaban J connectivity index is 2.27. The van der Waals surface area contributed by atoms with Gasteiger partial charge in [0.05, 0.1) is 0 Å². The first-order chi connectivity index (χ1) is 7.24. The minimum Gasteiger partial charge on any atom is -0.327 e. The van der Waals surface area contributed by atoms with Crippen molar-refractivity contribution in [1.82, 2.24) is 30.8 Å². The van der Waals surface area contributed by atoms with Crippen molar-refractivity contribution in [2.24, 2.45) is 0 Å². The van der Waals surface area contributed by atoms with E-state index in [1.165, 1.54) is 0 Å². The normalized spacial score (nSPS) is 10.0. The van der Waals surface area contributed by atoms with E-state index in [4.69, 9.17) is 0 Å². The maximum Gasteiger partial charge on any atom is 0.324 e. The van der Waals surface area contributed by atoms with E-state index >= 15 is 0 Å². The van der Waals surface area contributed by atoms with Crippen molar-refractivity contribution in [2.75, 3.05) is 32.5 Å². The Morgan fingerprint density at radius 1 is 1.60 bits per heavy atom. The highest BCUT2D eigenvalue weighted by molar-refractivity contribution is 5.86.